The van der Waals surface area contributed by atoms with Crippen LogP contribution in [0.4, 0.5) is 4.39 Å². The average Bonchev–Trinajstić information content (AvgIpc) is 2.66. The number of hydrogen-bond acceptors (Lipinski definition) is 1. The third kappa shape index (κ3) is 6.60. The van der Waals surface area contributed by atoms with Crippen molar-refractivity contribution in [1.29, 1.82) is 0 Å². The Balaban J connectivity index is 2.04. The first-order valence-corrected chi connectivity index (χ1v) is 8.87. The second-order valence-corrected chi connectivity index (χ2v) is 5.68. The van der Waals surface area contributed by atoms with Gasteiger partial charge in [0, 0.05) is 24.2 Å². The molecule has 2 aromatic rings. The van der Waals surface area contributed by atoms with Crippen LogP contribution in [0.5, 0.6) is 0 Å². The predicted octanol–water partition coefficient (Wildman–Crippen LogP) is 5.43. The van der Waals surface area contributed by atoms with Crippen molar-refractivity contribution in [2.75, 3.05) is 13.2 Å². The fourth-order valence-electron chi connectivity index (χ4n) is 2.17. The van der Waals surface area contributed by atoms with E-state index in [-0.39, 0.29) is 5.82 Å². The Hall–Kier alpha value is -2.81. The maximum atomic E-state index is 14.0. The maximum Gasteiger partial charge on any atom is 0.140 e. The Morgan fingerprint density at radius 2 is 1.69 bits per heavy atom. The van der Waals surface area contributed by atoms with Gasteiger partial charge in [-0.2, -0.15) is 0 Å². The van der Waals surface area contributed by atoms with Crippen molar-refractivity contribution in [1.82, 2.24) is 0 Å². The van der Waals surface area contributed by atoms with Crippen molar-refractivity contribution in [2.24, 2.45) is 0 Å². The van der Waals surface area contributed by atoms with Crippen LogP contribution in [-0.4, -0.2) is 13.2 Å². The average molecular weight is 346 g/mol. The van der Waals surface area contributed by atoms with Crippen molar-refractivity contribution < 1.29 is 9.13 Å². The molecule has 0 N–H and O–H groups in total. The van der Waals surface area contributed by atoms with Gasteiger partial charge in [-0.15, -0.1) is 0 Å². The van der Waals surface area contributed by atoms with Crippen molar-refractivity contribution in [3.63, 3.8) is 0 Å². The molecule has 0 aliphatic rings. The molecule has 0 bridgehead atoms. The lowest BCUT2D eigenvalue weighted by Crippen LogP contribution is -1.87. The van der Waals surface area contributed by atoms with Gasteiger partial charge < -0.3 is 4.74 Å². The van der Waals surface area contributed by atoms with Gasteiger partial charge >= 0.3 is 0 Å². The Morgan fingerprint density at radius 1 is 0.962 bits per heavy atom. The van der Waals surface area contributed by atoms with E-state index in [0.29, 0.717) is 24.3 Å². The molecule has 0 aromatic heterocycles. The third-order valence-electron chi connectivity index (χ3n) is 3.56. The molecule has 0 spiro atoms. The molecule has 2 aromatic carbocycles. The molecule has 0 amide bonds. The molecule has 0 fully saturated rings. The topological polar surface area (TPSA) is 9.23 Å². The van der Waals surface area contributed by atoms with Crippen molar-refractivity contribution in [3.05, 3.63) is 76.6 Å². The zero-order chi connectivity index (χ0) is 18.6. The Morgan fingerprint density at radius 3 is 2.38 bits per heavy atom. The van der Waals surface area contributed by atoms with E-state index in [4.69, 9.17) is 4.74 Å². The predicted molar refractivity (Wildman–Crippen MR) is 106 cm³/mol. The summed E-state index contributed by atoms with van der Waals surface area (Å²) in [5.74, 6) is 11.6. The van der Waals surface area contributed by atoms with Gasteiger partial charge in [0.2, 0.25) is 0 Å². The van der Waals surface area contributed by atoms with E-state index < -0.39 is 0 Å². The number of benzene rings is 2. The van der Waals surface area contributed by atoms with Crippen LogP contribution in [0, 0.1) is 29.5 Å². The second kappa shape index (κ2) is 10.9. The van der Waals surface area contributed by atoms with Gasteiger partial charge in [0.15, 0.2) is 0 Å². The van der Waals surface area contributed by atoms with Crippen LogP contribution < -0.4 is 0 Å². The summed E-state index contributed by atoms with van der Waals surface area (Å²) in [6.45, 7) is 5.35. The van der Waals surface area contributed by atoms with Gasteiger partial charge in [-0.1, -0.05) is 54.9 Å². The molecule has 0 saturated carbocycles. The summed E-state index contributed by atoms with van der Waals surface area (Å²) in [6.07, 6.45) is 5.75. The first-order valence-electron chi connectivity index (χ1n) is 8.87. The fourth-order valence-corrected chi connectivity index (χ4v) is 2.17. The molecule has 1 nitrogen and oxygen atoms in total. The quantitative estimate of drug-likeness (QED) is 0.518. The van der Waals surface area contributed by atoms with Crippen LogP contribution in [0.25, 0.3) is 6.08 Å². The maximum absolute atomic E-state index is 14.0. The minimum atomic E-state index is -0.324. The standard InChI is InChI=1S/C24H23FO/c1-3-5-6-9-23-17-16-22(19-24(23)25)15-14-21-12-10-20(11-13-21)8-7-18-26-4-2/h7-8,10-13,16-17,19H,3-5,18H2,1-2H3/b8-7+. The first-order chi connectivity index (χ1) is 12.7. The Bertz CT molecular complexity index is 855. The van der Waals surface area contributed by atoms with E-state index in [1.54, 1.807) is 12.1 Å². The summed E-state index contributed by atoms with van der Waals surface area (Å²) >= 11 is 0. The first kappa shape index (κ1) is 19.5. The highest BCUT2D eigenvalue weighted by atomic mass is 19.1. The van der Waals surface area contributed by atoms with E-state index in [2.05, 4.69) is 23.7 Å². The molecular formula is C24H23FO. The summed E-state index contributed by atoms with van der Waals surface area (Å²) in [5, 5.41) is 0. The van der Waals surface area contributed by atoms with Gasteiger partial charge in [-0.25, -0.2) is 4.39 Å². The normalized spacial score (nSPS) is 10.1. The summed E-state index contributed by atoms with van der Waals surface area (Å²) in [4.78, 5) is 0. The largest absolute Gasteiger partial charge is 0.378 e. The third-order valence-corrected chi connectivity index (χ3v) is 3.56. The fraction of sp³-hybridized carbons (Fsp3) is 0.250. The zero-order valence-corrected chi connectivity index (χ0v) is 15.3. The molecule has 2 heteroatoms. The summed E-state index contributed by atoms with van der Waals surface area (Å²) in [5.41, 5.74) is 3.05. The van der Waals surface area contributed by atoms with Gasteiger partial charge in [-0.05, 0) is 49.2 Å². The van der Waals surface area contributed by atoms with Crippen LogP contribution in [0.3, 0.4) is 0 Å². The van der Waals surface area contributed by atoms with E-state index >= 15 is 0 Å². The van der Waals surface area contributed by atoms with Crippen LogP contribution in [0.15, 0.2) is 48.5 Å². The lowest BCUT2D eigenvalue weighted by Gasteiger charge is -1.97. The molecule has 132 valence electrons. The molecule has 0 saturated heterocycles. The van der Waals surface area contributed by atoms with Crippen molar-refractivity contribution in [3.8, 4) is 23.7 Å². The highest BCUT2D eigenvalue weighted by Gasteiger charge is 1.99. The molecule has 0 atom stereocenters. The number of halogens is 1. The molecular weight excluding hydrogens is 323 g/mol. The number of ether oxygens (including phenoxy) is 1. The van der Waals surface area contributed by atoms with Gasteiger partial charge in [-0.3, -0.25) is 0 Å². The minimum absolute atomic E-state index is 0.324. The molecule has 2 rings (SSSR count). The molecule has 0 heterocycles. The Kier molecular flexibility index (Phi) is 8.20. The van der Waals surface area contributed by atoms with Crippen LogP contribution in [0.1, 0.15) is 48.9 Å². The van der Waals surface area contributed by atoms with Gasteiger partial charge in [0.1, 0.15) is 5.82 Å². The monoisotopic (exact) mass is 346 g/mol. The zero-order valence-electron chi connectivity index (χ0n) is 15.3. The van der Waals surface area contributed by atoms with E-state index in [9.17, 15) is 4.39 Å². The van der Waals surface area contributed by atoms with E-state index in [1.165, 1.54) is 6.07 Å². The smallest absolute Gasteiger partial charge is 0.140 e. The summed E-state index contributed by atoms with van der Waals surface area (Å²) in [7, 11) is 0. The van der Waals surface area contributed by atoms with Crippen molar-refractivity contribution in [2.45, 2.75) is 26.7 Å². The minimum Gasteiger partial charge on any atom is -0.378 e. The second-order valence-electron chi connectivity index (χ2n) is 5.68. The summed E-state index contributed by atoms with van der Waals surface area (Å²) in [6, 6.07) is 12.8. The lowest BCUT2D eigenvalue weighted by molar-refractivity contribution is 0.178. The van der Waals surface area contributed by atoms with E-state index in [0.717, 1.165) is 24.0 Å². The van der Waals surface area contributed by atoms with Gasteiger partial charge in [0.05, 0.1) is 12.2 Å². The van der Waals surface area contributed by atoms with Crippen LogP contribution in [0.2, 0.25) is 0 Å². The molecule has 0 unspecified atom stereocenters. The number of hydrogen-bond donors (Lipinski definition) is 0. The summed E-state index contributed by atoms with van der Waals surface area (Å²) < 4.78 is 19.3. The highest BCUT2D eigenvalue weighted by Crippen LogP contribution is 2.10. The van der Waals surface area contributed by atoms with Crippen molar-refractivity contribution >= 4 is 6.08 Å². The highest BCUT2D eigenvalue weighted by molar-refractivity contribution is 5.52. The number of unbranched alkanes of at least 4 members (excludes halogenated alkanes) is 1. The lowest BCUT2D eigenvalue weighted by atomic mass is 10.1. The van der Waals surface area contributed by atoms with E-state index in [1.807, 2.05) is 50.3 Å². The molecule has 26 heavy (non-hydrogen) atoms. The SMILES string of the molecule is CCCC#Cc1ccc(C#Cc2ccc(/C=C/COCC)cc2)cc1F. The molecule has 0 radical (unpaired) electrons. The molecule has 0 aliphatic carbocycles. The molecule has 0 aliphatic heterocycles. The van der Waals surface area contributed by atoms with Gasteiger partial charge in [0.25, 0.3) is 0 Å². The van der Waals surface area contributed by atoms with Crippen LogP contribution >= 0.6 is 0 Å². The Labute approximate surface area is 155 Å². The number of rotatable bonds is 5. The van der Waals surface area contributed by atoms with Crippen LogP contribution in [-0.2, 0) is 4.74 Å².